The molecular formula is C13H18O3. The van der Waals surface area contributed by atoms with Crippen LogP contribution in [0.4, 0.5) is 0 Å². The summed E-state index contributed by atoms with van der Waals surface area (Å²) in [6.45, 7) is 6.53. The quantitative estimate of drug-likeness (QED) is 0.833. The molecule has 0 radical (unpaired) electrons. The second-order valence-electron chi connectivity index (χ2n) is 3.90. The second kappa shape index (κ2) is 5.54. The molecule has 0 aliphatic heterocycles. The van der Waals surface area contributed by atoms with Crippen LogP contribution in [-0.4, -0.2) is 17.7 Å². The Morgan fingerprint density at radius 1 is 1.38 bits per heavy atom. The van der Waals surface area contributed by atoms with Crippen LogP contribution >= 0.6 is 0 Å². The highest BCUT2D eigenvalue weighted by molar-refractivity contribution is 5.67. The monoisotopic (exact) mass is 222 g/mol. The molecule has 1 rings (SSSR count). The Morgan fingerprint density at radius 2 is 2.06 bits per heavy atom. The fraction of sp³-hybridized carbons (Fsp3) is 0.462. The molecule has 16 heavy (non-hydrogen) atoms. The second-order valence-corrected chi connectivity index (χ2v) is 3.90. The topological polar surface area (TPSA) is 46.5 Å². The summed E-state index contributed by atoms with van der Waals surface area (Å²) in [6, 6.07) is 4.05. The first-order valence-corrected chi connectivity index (χ1v) is 5.49. The SMILES string of the molecule is CCOc1c(C)cc(C)cc1CCC(=O)O. The van der Waals surface area contributed by atoms with Gasteiger partial charge in [0.15, 0.2) is 0 Å². The lowest BCUT2D eigenvalue weighted by Crippen LogP contribution is -2.03. The molecule has 1 N–H and O–H groups in total. The summed E-state index contributed by atoms with van der Waals surface area (Å²) in [6.07, 6.45) is 0.663. The standard InChI is InChI=1S/C13H18O3/c1-4-16-13-10(3)7-9(2)8-11(13)5-6-12(14)15/h7-8H,4-6H2,1-3H3,(H,14,15). The maximum absolute atomic E-state index is 10.6. The van der Waals surface area contributed by atoms with Gasteiger partial charge in [-0.2, -0.15) is 0 Å². The van der Waals surface area contributed by atoms with E-state index in [2.05, 4.69) is 6.07 Å². The molecule has 88 valence electrons. The summed E-state index contributed by atoms with van der Waals surface area (Å²) in [7, 11) is 0. The molecule has 0 aromatic heterocycles. The fourth-order valence-electron chi connectivity index (χ4n) is 1.82. The van der Waals surface area contributed by atoms with Gasteiger partial charge < -0.3 is 9.84 Å². The van der Waals surface area contributed by atoms with Crippen LogP contribution in [0.2, 0.25) is 0 Å². The lowest BCUT2D eigenvalue weighted by Gasteiger charge is -2.13. The Morgan fingerprint density at radius 3 is 2.62 bits per heavy atom. The summed E-state index contributed by atoms with van der Waals surface area (Å²) < 4.78 is 5.56. The number of carboxylic acid groups (broad SMARTS) is 1. The van der Waals surface area contributed by atoms with Gasteiger partial charge >= 0.3 is 5.97 Å². The number of ether oxygens (including phenoxy) is 1. The van der Waals surface area contributed by atoms with Crippen LogP contribution in [0.5, 0.6) is 5.75 Å². The number of hydrogen-bond acceptors (Lipinski definition) is 2. The van der Waals surface area contributed by atoms with Crippen LogP contribution in [0, 0.1) is 13.8 Å². The number of hydrogen-bond donors (Lipinski definition) is 1. The Bertz CT molecular complexity index is 383. The lowest BCUT2D eigenvalue weighted by atomic mass is 10.0. The van der Waals surface area contributed by atoms with Crippen molar-refractivity contribution in [2.75, 3.05) is 6.61 Å². The van der Waals surface area contributed by atoms with E-state index in [-0.39, 0.29) is 6.42 Å². The number of benzene rings is 1. The maximum atomic E-state index is 10.6. The highest BCUT2D eigenvalue weighted by Gasteiger charge is 2.09. The van der Waals surface area contributed by atoms with E-state index in [0.29, 0.717) is 13.0 Å². The first kappa shape index (κ1) is 12.6. The third-order valence-corrected chi connectivity index (χ3v) is 2.39. The normalized spacial score (nSPS) is 10.2. The van der Waals surface area contributed by atoms with E-state index in [4.69, 9.17) is 9.84 Å². The van der Waals surface area contributed by atoms with Crippen molar-refractivity contribution in [3.8, 4) is 5.75 Å². The third kappa shape index (κ3) is 3.26. The molecule has 1 aromatic rings. The van der Waals surface area contributed by atoms with Crippen LogP contribution in [0.3, 0.4) is 0 Å². The van der Waals surface area contributed by atoms with Crippen molar-refractivity contribution < 1.29 is 14.6 Å². The summed E-state index contributed by atoms with van der Waals surface area (Å²) in [4.78, 5) is 10.6. The number of rotatable bonds is 5. The van der Waals surface area contributed by atoms with Gasteiger partial charge in [-0.3, -0.25) is 4.79 Å². The Labute approximate surface area is 96.1 Å². The minimum absolute atomic E-state index is 0.142. The summed E-state index contributed by atoms with van der Waals surface area (Å²) in [5.41, 5.74) is 3.20. The van der Waals surface area contributed by atoms with Gasteiger partial charge in [-0.15, -0.1) is 0 Å². The fourth-order valence-corrected chi connectivity index (χ4v) is 1.82. The Hall–Kier alpha value is -1.51. The molecule has 0 aliphatic carbocycles. The zero-order valence-corrected chi connectivity index (χ0v) is 10.0. The van der Waals surface area contributed by atoms with E-state index in [1.54, 1.807) is 0 Å². The van der Waals surface area contributed by atoms with E-state index < -0.39 is 5.97 Å². The molecule has 0 spiro atoms. The molecule has 1 aromatic carbocycles. The van der Waals surface area contributed by atoms with Crippen LogP contribution in [-0.2, 0) is 11.2 Å². The van der Waals surface area contributed by atoms with Gasteiger partial charge in [0.05, 0.1) is 6.61 Å². The molecular weight excluding hydrogens is 204 g/mol. The van der Waals surface area contributed by atoms with E-state index in [1.807, 2.05) is 26.8 Å². The molecule has 3 nitrogen and oxygen atoms in total. The van der Waals surface area contributed by atoms with Crippen molar-refractivity contribution in [2.45, 2.75) is 33.6 Å². The van der Waals surface area contributed by atoms with Gasteiger partial charge in [0.25, 0.3) is 0 Å². The minimum Gasteiger partial charge on any atom is -0.493 e. The lowest BCUT2D eigenvalue weighted by molar-refractivity contribution is -0.136. The van der Waals surface area contributed by atoms with Gasteiger partial charge in [0.2, 0.25) is 0 Å². The van der Waals surface area contributed by atoms with Crippen LogP contribution in [0.1, 0.15) is 30.0 Å². The Kier molecular flexibility index (Phi) is 4.35. The molecule has 0 saturated heterocycles. The first-order valence-electron chi connectivity index (χ1n) is 5.49. The van der Waals surface area contributed by atoms with Crippen LogP contribution in [0.15, 0.2) is 12.1 Å². The third-order valence-electron chi connectivity index (χ3n) is 2.39. The molecule has 0 aliphatic rings. The number of aryl methyl sites for hydroxylation is 3. The zero-order chi connectivity index (χ0) is 12.1. The average Bonchev–Trinajstić information content (AvgIpc) is 2.19. The minimum atomic E-state index is -0.776. The van der Waals surface area contributed by atoms with Gasteiger partial charge in [-0.05, 0) is 38.3 Å². The number of carboxylic acids is 1. The van der Waals surface area contributed by atoms with E-state index >= 15 is 0 Å². The van der Waals surface area contributed by atoms with E-state index in [1.165, 1.54) is 0 Å². The van der Waals surface area contributed by atoms with Crippen molar-refractivity contribution in [1.82, 2.24) is 0 Å². The number of carbonyl (C=O) groups is 1. The smallest absolute Gasteiger partial charge is 0.303 e. The van der Waals surface area contributed by atoms with Gasteiger partial charge in [-0.25, -0.2) is 0 Å². The summed E-state index contributed by atoms with van der Waals surface area (Å²) in [5, 5.41) is 8.69. The zero-order valence-electron chi connectivity index (χ0n) is 10.0. The van der Waals surface area contributed by atoms with E-state index in [0.717, 1.165) is 22.4 Å². The van der Waals surface area contributed by atoms with E-state index in [9.17, 15) is 4.79 Å². The summed E-state index contributed by atoms with van der Waals surface area (Å²) in [5.74, 6) is 0.0657. The highest BCUT2D eigenvalue weighted by atomic mass is 16.5. The largest absolute Gasteiger partial charge is 0.493 e. The molecule has 0 saturated carbocycles. The first-order chi connectivity index (χ1) is 7.54. The van der Waals surface area contributed by atoms with Crippen LogP contribution < -0.4 is 4.74 Å². The predicted molar refractivity (Wildman–Crippen MR) is 63.0 cm³/mol. The highest BCUT2D eigenvalue weighted by Crippen LogP contribution is 2.26. The molecule has 0 heterocycles. The number of aliphatic carboxylic acids is 1. The van der Waals surface area contributed by atoms with Crippen molar-refractivity contribution in [1.29, 1.82) is 0 Å². The molecule has 3 heteroatoms. The maximum Gasteiger partial charge on any atom is 0.303 e. The predicted octanol–water partition coefficient (Wildman–Crippen LogP) is 2.72. The van der Waals surface area contributed by atoms with Crippen molar-refractivity contribution in [2.24, 2.45) is 0 Å². The summed E-state index contributed by atoms with van der Waals surface area (Å²) >= 11 is 0. The molecule has 0 fully saturated rings. The van der Waals surface area contributed by atoms with Gasteiger partial charge in [-0.1, -0.05) is 17.7 Å². The van der Waals surface area contributed by atoms with Crippen molar-refractivity contribution in [3.05, 3.63) is 28.8 Å². The Balaban J connectivity index is 2.98. The van der Waals surface area contributed by atoms with Gasteiger partial charge in [0, 0.05) is 6.42 Å². The van der Waals surface area contributed by atoms with Crippen molar-refractivity contribution in [3.63, 3.8) is 0 Å². The van der Waals surface area contributed by atoms with Gasteiger partial charge in [0.1, 0.15) is 5.75 Å². The average molecular weight is 222 g/mol. The molecule has 0 atom stereocenters. The van der Waals surface area contributed by atoms with Crippen molar-refractivity contribution >= 4 is 5.97 Å². The molecule has 0 amide bonds. The van der Waals surface area contributed by atoms with Crippen LogP contribution in [0.25, 0.3) is 0 Å². The molecule has 0 unspecified atom stereocenters. The molecule has 0 bridgehead atoms.